The van der Waals surface area contributed by atoms with Gasteiger partial charge in [-0.1, -0.05) is 19.3 Å². The Labute approximate surface area is 122 Å². The average Bonchev–Trinajstić information content (AvgIpc) is 2.52. The van der Waals surface area contributed by atoms with Crippen LogP contribution < -0.4 is 5.32 Å². The van der Waals surface area contributed by atoms with Crippen molar-refractivity contribution in [3.05, 3.63) is 18.1 Å². The molecular formula is C14H19N3O4. The topological polar surface area (TPSA) is 101 Å². The Morgan fingerprint density at radius 3 is 2.67 bits per heavy atom. The fraction of sp³-hybridized carbons (Fsp3) is 0.571. The van der Waals surface area contributed by atoms with E-state index in [4.69, 9.17) is 0 Å². The van der Waals surface area contributed by atoms with Crippen LogP contribution in [0.25, 0.3) is 0 Å². The minimum absolute atomic E-state index is 0.0512. The monoisotopic (exact) mass is 293 g/mol. The second-order valence-electron chi connectivity index (χ2n) is 5.14. The first-order chi connectivity index (χ1) is 10.1. The first kappa shape index (κ1) is 15.2. The molecule has 21 heavy (non-hydrogen) atoms. The lowest BCUT2D eigenvalue weighted by atomic mass is 9.84. The summed E-state index contributed by atoms with van der Waals surface area (Å²) in [5, 5.41) is 12.3. The number of carboxylic acid groups (broad SMARTS) is 1. The first-order valence-electron chi connectivity index (χ1n) is 7.01. The largest absolute Gasteiger partial charge is 0.480 e. The highest BCUT2D eigenvalue weighted by atomic mass is 16.5. The summed E-state index contributed by atoms with van der Waals surface area (Å²) in [5.74, 6) is -1.17. The van der Waals surface area contributed by atoms with E-state index in [1.54, 1.807) is 0 Å². The summed E-state index contributed by atoms with van der Waals surface area (Å²) in [7, 11) is 1.26. The van der Waals surface area contributed by atoms with Gasteiger partial charge in [-0.15, -0.1) is 0 Å². The highest BCUT2D eigenvalue weighted by molar-refractivity contribution is 5.87. The van der Waals surface area contributed by atoms with E-state index >= 15 is 0 Å². The zero-order valence-corrected chi connectivity index (χ0v) is 11.9. The summed E-state index contributed by atoms with van der Waals surface area (Å²) >= 11 is 0. The van der Waals surface area contributed by atoms with Crippen molar-refractivity contribution >= 4 is 17.8 Å². The SMILES string of the molecule is COC(=O)c1cncc(NC(C(=O)O)C2CCCCC2)n1. The molecule has 0 aromatic carbocycles. The van der Waals surface area contributed by atoms with Crippen LogP contribution in [0.3, 0.4) is 0 Å². The van der Waals surface area contributed by atoms with Crippen LogP contribution in [-0.2, 0) is 9.53 Å². The molecule has 0 radical (unpaired) electrons. The maximum Gasteiger partial charge on any atom is 0.358 e. The van der Waals surface area contributed by atoms with E-state index in [9.17, 15) is 14.7 Å². The van der Waals surface area contributed by atoms with Crippen molar-refractivity contribution in [3.8, 4) is 0 Å². The molecule has 1 heterocycles. The normalized spacial score (nSPS) is 17.0. The van der Waals surface area contributed by atoms with E-state index in [-0.39, 0.29) is 17.4 Å². The van der Waals surface area contributed by atoms with Crippen LogP contribution in [0.5, 0.6) is 0 Å². The molecule has 2 N–H and O–H groups in total. The molecule has 0 saturated heterocycles. The van der Waals surface area contributed by atoms with Gasteiger partial charge in [-0.2, -0.15) is 0 Å². The van der Waals surface area contributed by atoms with Crippen molar-refractivity contribution < 1.29 is 19.4 Å². The van der Waals surface area contributed by atoms with Crippen LogP contribution in [0.15, 0.2) is 12.4 Å². The van der Waals surface area contributed by atoms with Gasteiger partial charge in [-0.25, -0.2) is 14.6 Å². The number of rotatable bonds is 5. The Bertz CT molecular complexity index is 515. The summed E-state index contributed by atoms with van der Waals surface area (Å²) in [6.45, 7) is 0. The third-order valence-electron chi connectivity index (χ3n) is 3.72. The molecule has 0 spiro atoms. The van der Waals surface area contributed by atoms with E-state index in [0.717, 1.165) is 32.1 Å². The highest BCUT2D eigenvalue weighted by Gasteiger charge is 2.29. The number of nitrogens with one attached hydrogen (secondary N) is 1. The van der Waals surface area contributed by atoms with Gasteiger partial charge in [0, 0.05) is 0 Å². The summed E-state index contributed by atoms with van der Waals surface area (Å²) in [6.07, 6.45) is 7.70. The van der Waals surface area contributed by atoms with Crippen LogP contribution in [0.4, 0.5) is 5.82 Å². The number of carboxylic acids is 1. The number of esters is 1. The van der Waals surface area contributed by atoms with Gasteiger partial charge in [0.25, 0.3) is 0 Å². The molecule has 1 aromatic rings. The van der Waals surface area contributed by atoms with Crippen molar-refractivity contribution in [2.24, 2.45) is 5.92 Å². The maximum atomic E-state index is 11.5. The number of ether oxygens (including phenoxy) is 1. The van der Waals surface area contributed by atoms with Gasteiger partial charge >= 0.3 is 11.9 Å². The van der Waals surface area contributed by atoms with Crippen LogP contribution in [0, 0.1) is 5.92 Å². The van der Waals surface area contributed by atoms with Gasteiger partial charge in [0.15, 0.2) is 5.69 Å². The zero-order valence-electron chi connectivity index (χ0n) is 11.9. The molecule has 7 nitrogen and oxygen atoms in total. The summed E-state index contributed by atoms with van der Waals surface area (Å²) in [5.41, 5.74) is 0.0512. The number of anilines is 1. The number of carbonyl (C=O) groups is 2. The lowest BCUT2D eigenvalue weighted by Crippen LogP contribution is -2.38. The number of aliphatic carboxylic acids is 1. The molecule has 7 heteroatoms. The van der Waals surface area contributed by atoms with Crippen molar-refractivity contribution in [2.45, 2.75) is 38.1 Å². The lowest BCUT2D eigenvalue weighted by Gasteiger charge is -2.28. The van der Waals surface area contributed by atoms with E-state index in [0.29, 0.717) is 0 Å². The standard InChI is InChI=1S/C14H19N3O4/c1-21-14(20)10-7-15-8-11(16-10)17-12(13(18)19)9-5-3-2-4-6-9/h7-9,12H,2-6H2,1H3,(H,16,17)(H,18,19). The van der Waals surface area contributed by atoms with Crippen LogP contribution in [0.2, 0.25) is 0 Å². The first-order valence-corrected chi connectivity index (χ1v) is 7.01. The molecule has 1 saturated carbocycles. The molecule has 1 atom stereocenters. The van der Waals surface area contributed by atoms with Gasteiger partial charge in [0.2, 0.25) is 0 Å². The predicted molar refractivity (Wildman–Crippen MR) is 75.0 cm³/mol. The fourth-order valence-electron chi connectivity index (χ4n) is 2.65. The Morgan fingerprint density at radius 2 is 2.05 bits per heavy atom. The van der Waals surface area contributed by atoms with Crippen molar-refractivity contribution in [3.63, 3.8) is 0 Å². The minimum Gasteiger partial charge on any atom is -0.480 e. The Balaban J connectivity index is 2.13. The Kier molecular flexibility index (Phi) is 5.08. The number of hydrogen-bond acceptors (Lipinski definition) is 6. The fourth-order valence-corrected chi connectivity index (χ4v) is 2.65. The zero-order chi connectivity index (χ0) is 15.2. The Hall–Kier alpha value is -2.18. The number of methoxy groups -OCH3 is 1. The molecule has 2 rings (SSSR count). The van der Waals surface area contributed by atoms with Gasteiger partial charge in [0.05, 0.1) is 19.5 Å². The molecule has 1 aliphatic rings. The second-order valence-corrected chi connectivity index (χ2v) is 5.14. The van der Waals surface area contributed by atoms with Crippen LogP contribution in [-0.4, -0.2) is 40.2 Å². The molecule has 0 amide bonds. The van der Waals surface area contributed by atoms with Gasteiger partial charge in [-0.05, 0) is 18.8 Å². The van der Waals surface area contributed by atoms with Crippen molar-refractivity contribution in [1.82, 2.24) is 9.97 Å². The van der Waals surface area contributed by atoms with Crippen molar-refractivity contribution in [2.75, 3.05) is 12.4 Å². The predicted octanol–water partition coefficient (Wildman–Crippen LogP) is 1.71. The van der Waals surface area contributed by atoms with Gasteiger partial charge in [0.1, 0.15) is 11.9 Å². The van der Waals surface area contributed by atoms with Crippen molar-refractivity contribution in [1.29, 1.82) is 0 Å². The molecular weight excluding hydrogens is 274 g/mol. The van der Waals surface area contributed by atoms with Crippen LogP contribution >= 0.6 is 0 Å². The third-order valence-corrected chi connectivity index (χ3v) is 3.72. The average molecular weight is 293 g/mol. The minimum atomic E-state index is -0.910. The molecule has 1 unspecified atom stereocenters. The summed E-state index contributed by atoms with van der Waals surface area (Å²) < 4.78 is 4.57. The van der Waals surface area contributed by atoms with E-state index in [1.807, 2.05) is 0 Å². The summed E-state index contributed by atoms with van der Waals surface area (Å²) in [6, 6.07) is -0.715. The maximum absolute atomic E-state index is 11.5. The quantitative estimate of drug-likeness (QED) is 0.797. The molecule has 0 aliphatic heterocycles. The van der Waals surface area contributed by atoms with Crippen LogP contribution in [0.1, 0.15) is 42.6 Å². The molecule has 1 aliphatic carbocycles. The smallest absolute Gasteiger partial charge is 0.358 e. The number of carbonyl (C=O) groups excluding carboxylic acids is 1. The molecule has 1 aromatic heterocycles. The molecule has 1 fully saturated rings. The number of nitrogens with zero attached hydrogens (tertiary/aromatic N) is 2. The molecule has 114 valence electrons. The number of hydrogen-bond donors (Lipinski definition) is 2. The van der Waals surface area contributed by atoms with E-state index in [1.165, 1.54) is 19.5 Å². The van der Waals surface area contributed by atoms with E-state index in [2.05, 4.69) is 20.0 Å². The lowest BCUT2D eigenvalue weighted by molar-refractivity contribution is -0.139. The second kappa shape index (κ2) is 7.01. The van der Waals surface area contributed by atoms with E-state index < -0.39 is 18.0 Å². The highest BCUT2D eigenvalue weighted by Crippen LogP contribution is 2.28. The number of aromatic nitrogens is 2. The van der Waals surface area contributed by atoms with Gasteiger partial charge in [-0.3, -0.25) is 4.98 Å². The molecule has 0 bridgehead atoms. The summed E-state index contributed by atoms with van der Waals surface area (Å²) in [4.78, 5) is 30.8. The Morgan fingerprint density at radius 1 is 1.33 bits per heavy atom. The van der Waals surface area contributed by atoms with Gasteiger partial charge < -0.3 is 15.2 Å². The third kappa shape index (κ3) is 3.90.